The minimum atomic E-state index is -4.01. The molecule has 0 saturated heterocycles. The minimum Gasteiger partial charge on any atom is -0.477 e. The highest BCUT2D eigenvalue weighted by Crippen LogP contribution is 2.30. The van der Waals surface area contributed by atoms with E-state index in [-0.39, 0.29) is 9.21 Å². The van der Waals surface area contributed by atoms with Gasteiger partial charge in [-0.15, -0.1) is 11.3 Å². The van der Waals surface area contributed by atoms with Crippen molar-refractivity contribution in [3.8, 4) is 0 Å². The molecule has 1 N–H and O–H groups in total. The zero-order valence-corrected chi connectivity index (χ0v) is 9.24. The summed E-state index contributed by atoms with van der Waals surface area (Å²) in [4.78, 5) is 9.86. The van der Waals surface area contributed by atoms with Crippen LogP contribution < -0.4 is 0 Å². The van der Waals surface area contributed by atoms with Crippen LogP contribution in [0.25, 0.3) is 0 Å². The number of carbonyl (C=O) groups is 1. The molecule has 1 heterocycles. The number of hydrogen-bond acceptors (Lipinski definition) is 5. The Morgan fingerprint density at radius 1 is 1.64 bits per heavy atom. The van der Waals surface area contributed by atoms with Gasteiger partial charge < -0.3 is 5.11 Å². The molecule has 0 bridgehead atoms. The maximum absolute atomic E-state index is 11.2. The van der Waals surface area contributed by atoms with Crippen molar-refractivity contribution in [1.29, 1.82) is 0 Å². The van der Waals surface area contributed by atoms with E-state index in [1.807, 2.05) is 0 Å². The monoisotopic (exact) mass is 256 g/mol. The first-order valence-electron chi connectivity index (χ1n) is 3.21. The predicted molar refractivity (Wildman–Crippen MR) is 50.5 cm³/mol. The fourth-order valence-electron chi connectivity index (χ4n) is 0.770. The lowest BCUT2D eigenvalue weighted by Gasteiger charge is -1.98. The summed E-state index contributed by atoms with van der Waals surface area (Å²) in [6.07, 6.45) is 0. The van der Waals surface area contributed by atoms with Crippen molar-refractivity contribution < 1.29 is 22.5 Å². The molecule has 0 fully saturated rings. The van der Waals surface area contributed by atoms with Gasteiger partial charge >= 0.3 is 5.97 Å². The Labute approximate surface area is 89.0 Å². The molecule has 1 rings (SSSR count). The average Bonchev–Trinajstić information content (AvgIpc) is 2.48. The molecule has 0 aliphatic heterocycles. The maximum atomic E-state index is 11.2. The third kappa shape index (κ3) is 2.06. The third-order valence-electron chi connectivity index (χ3n) is 1.35. The Kier molecular flexibility index (Phi) is 3.15. The molecule has 1 aromatic heterocycles. The Morgan fingerprint density at radius 3 is 2.64 bits per heavy atom. The van der Waals surface area contributed by atoms with Crippen LogP contribution in [-0.4, -0.2) is 26.6 Å². The van der Waals surface area contributed by atoms with Crippen LogP contribution in [0.4, 0.5) is 0 Å². The molecule has 0 aliphatic carbocycles. The van der Waals surface area contributed by atoms with Crippen molar-refractivity contribution in [2.24, 2.45) is 0 Å². The summed E-state index contributed by atoms with van der Waals surface area (Å²) in [5.41, 5.74) is 0. The average molecular weight is 257 g/mol. The van der Waals surface area contributed by atoms with Gasteiger partial charge in [0, 0.05) is 0 Å². The van der Waals surface area contributed by atoms with Crippen LogP contribution in [0, 0.1) is 0 Å². The molecule has 0 spiro atoms. The highest BCUT2D eigenvalue weighted by molar-refractivity contribution is 7.87. The summed E-state index contributed by atoms with van der Waals surface area (Å²) in [5, 5.41) is 8.67. The molecule has 0 radical (unpaired) electrons. The number of rotatable bonds is 3. The predicted octanol–water partition coefficient (Wildman–Crippen LogP) is 1.43. The van der Waals surface area contributed by atoms with Gasteiger partial charge in [0.15, 0.2) is 0 Å². The molecule has 0 amide bonds. The van der Waals surface area contributed by atoms with Crippen molar-refractivity contribution in [2.45, 2.75) is 4.90 Å². The minimum absolute atomic E-state index is 0.0815. The van der Waals surface area contributed by atoms with Gasteiger partial charge in [-0.1, -0.05) is 11.6 Å². The summed E-state index contributed by atoms with van der Waals surface area (Å²) in [7, 11) is -3.06. The van der Waals surface area contributed by atoms with Crippen LogP contribution in [0.2, 0.25) is 4.34 Å². The van der Waals surface area contributed by atoms with E-state index < -0.39 is 21.0 Å². The highest BCUT2D eigenvalue weighted by atomic mass is 35.5. The lowest BCUT2D eigenvalue weighted by Crippen LogP contribution is -2.06. The molecule has 0 unspecified atom stereocenters. The first kappa shape index (κ1) is 11.4. The molecule has 78 valence electrons. The van der Waals surface area contributed by atoms with E-state index in [1.165, 1.54) is 0 Å². The largest absolute Gasteiger partial charge is 0.477 e. The van der Waals surface area contributed by atoms with E-state index in [2.05, 4.69) is 4.18 Å². The van der Waals surface area contributed by atoms with Gasteiger partial charge in [-0.3, -0.25) is 4.18 Å². The first-order chi connectivity index (χ1) is 6.38. The quantitative estimate of drug-likeness (QED) is 0.828. The van der Waals surface area contributed by atoms with Crippen molar-refractivity contribution in [3.63, 3.8) is 0 Å². The third-order valence-corrected chi connectivity index (χ3v) is 4.03. The first-order valence-corrected chi connectivity index (χ1v) is 5.82. The number of halogens is 1. The van der Waals surface area contributed by atoms with Crippen LogP contribution in [0.1, 0.15) is 9.67 Å². The van der Waals surface area contributed by atoms with E-state index in [1.54, 1.807) is 0 Å². The van der Waals surface area contributed by atoms with Crippen molar-refractivity contribution in [2.75, 3.05) is 7.11 Å². The van der Waals surface area contributed by atoms with E-state index >= 15 is 0 Å². The second-order valence-corrected chi connectivity index (χ2v) is 5.53. The summed E-state index contributed by atoms with van der Waals surface area (Å²) in [5.74, 6) is -1.35. The molecular formula is C6H5ClO5S2. The SMILES string of the molecule is COS(=O)(=O)c1cc(Cl)sc1C(=O)O. The van der Waals surface area contributed by atoms with E-state index in [0.29, 0.717) is 11.3 Å². The molecule has 0 aliphatic rings. The maximum Gasteiger partial charge on any atom is 0.347 e. The number of hydrogen-bond donors (Lipinski definition) is 1. The summed E-state index contributed by atoms with van der Waals surface area (Å²) < 4.78 is 26.7. The van der Waals surface area contributed by atoms with Gasteiger partial charge in [-0.05, 0) is 6.07 Å². The zero-order chi connectivity index (χ0) is 10.9. The van der Waals surface area contributed by atoms with Crippen LogP contribution in [0.3, 0.4) is 0 Å². The molecular weight excluding hydrogens is 252 g/mol. The molecule has 14 heavy (non-hydrogen) atoms. The lowest BCUT2D eigenvalue weighted by molar-refractivity contribution is 0.0698. The summed E-state index contributed by atoms with van der Waals surface area (Å²) >= 11 is 6.18. The van der Waals surface area contributed by atoms with Gasteiger partial charge in [0.05, 0.1) is 11.4 Å². The zero-order valence-electron chi connectivity index (χ0n) is 6.85. The van der Waals surface area contributed by atoms with Crippen LogP contribution in [-0.2, 0) is 14.3 Å². The number of aromatic carboxylic acids is 1. The van der Waals surface area contributed by atoms with Gasteiger partial charge in [0.2, 0.25) is 0 Å². The fourth-order valence-corrected chi connectivity index (χ4v) is 3.06. The standard InChI is InChI=1S/C6H5ClO5S2/c1-12-14(10,11)3-2-4(7)13-5(3)6(8)9/h2H,1H3,(H,8,9). The summed E-state index contributed by atoms with van der Waals surface area (Å²) in [6.45, 7) is 0. The Morgan fingerprint density at radius 2 is 2.21 bits per heavy atom. The molecule has 0 aromatic carbocycles. The lowest BCUT2D eigenvalue weighted by atomic mass is 10.5. The van der Waals surface area contributed by atoms with Crippen molar-refractivity contribution >= 4 is 39.0 Å². The number of carboxylic acids is 1. The van der Waals surface area contributed by atoms with Gasteiger partial charge in [0.25, 0.3) is 10.1 Å². The molecule has 0 saturated carbocycles. The molecule has 1 aromatic rings. The Balaban J connectivity index is 3.42. The second kappa shape index (κ2) is 3.85. The van der Waals surface area contributed by atoms with Crippen LogP contribution >= 0.6 is 22.9 Å². The van der Waals surface area contributed by atoms with Gasteiger partial charge in [0.1, 0.15) is 9.77 Å². The fraction of sp³-hybridized carbons (Fsp3) is 0.167. The van der Waals surface area contributed by atoms with Crippen LogP contribution in [0.5, 0.6) is 0 Å². The Bertz CT molecular complexity index is 461. The van der Waals surface area contributed by atoms with Gasteiger partial charge in [-0.25, -0.2) is 4.79 Å². The second-order valence-electron chi connectivity index (χ2n) is 2.17. The Hall–Kier alpha value is -0.630. The smallest absolute Gasteiger partial charge is 0.347 e. The van der Waals surface area contributed by atoms with E-state index in [0.717, 1.165) is 13.2 Å². The summed E-state index contributed by atoms with van der Waals surface area (Å²) in [6, 6.07) is 1.05. The van der Waals surface area contributed by atoms with Crippen molar-refractivity contribution in [1.82, 2.24) is 0 Å². The van der Waals surface area contributed by atoms with E-state index in [4.69, 9.17) is 16.7 Å². The van der Waals surface area contributed by atoms with Crippen molar-refractivity contribution in [3.05, 3.63) is 15.3 Å². The topological polar surface area (TPSA) is 80.7 Å². The number of carboxylic acid groups (broad SMARTS) is 1. The van der Waals surface area contributed by atoms with Gasteiger partial charge in [-0.2, -0.15) is 8.42 Å². The molecule has 8 heteroatoms. The molecule has 5 nitrogen and oxygen atoms in total. The number of thiophene rings is 1. The molecule has 0 atom stereocenters. The normalized spacial score (nSPS) is 11.6. The highest BCUT2D eigenvalue weighted by Gasteiger charge is 2.25. The van der Waals surface area contributed by atoms with Crippen LogP contribution in [0.15, 0.2) is 11.0 Å². The van der Waals surface area contributed by atoms with E-state index in [9.17, 15) is 13.2 Å².